The third-order valence-corrected chi connectivity index (χ3v) is 15.7. The monoisotopic (exact) mass is 1090 g/mol. The molecule has 75 heavy (non-hydrogen) atoms. The molecule has 2 aliphatic heterocycles. The number of aryl methyl sites for hydroxylation is 1. The number of anilines is 5. The second-order valence-electron chi connectivity index (χ2n) is 19.9. The summed E-state index contributed by atoms with van der Waals surface area (Å²) in [6, 6.07) is 19.1. The first-order chi connectivity index (χ1) is 35.8. The number of halogens is 1. The fraction of sp³-hybridized carbons (Fsp3) is 0.453. The number of thiazole rings is 1. The zero-order chi connectivity index (χ0) is 53.9. The standard InChI is InChI=1S/C53H68ClN10O9PS/c1-34-47(75-33-57-34)36-14-12-35(13-15-36)30-55-50(68)42-29-38(65)32-64(42)51(69)48(53(2,3)4)60-45(66)18-24-72-26-27-73-25-19-46(67)63-22-20-62(21-23-63)37-16-17-40(43(28-37)71-5)59-52-56-31-39(54)49(61-52)58-41-10-8-9-11-44(41)74(6,7)70/h8-17,28,31,33,38,42,48,65H,18-27,29-30,32H2,1-7H3,(H,55,68)(H,60,66)(H2,56,58,59,61)/t38-,42+,48?/m1/s1. The van der Waals surface area contributed by atoms with Crippen molar-refractivity contribution in [3.05, 3.63) is 94.7 Å². The van der Waals surface area contributed by atoms with Crippen LogP contribution in [-0.2, 0) is 39.8 Å². The number of ether oxygens (including phenoxy) is 3. The van der Waals surface area contributed by atoms with E-state index in [-0.39, 0.29) is 82.4 Å². The van der Waals surface area contributed by atoms with E-state index in [1.807, 2.05) is 105 Å². The van der Waals surface area contributed by atoms with Crippen LogP contribution in [-0.4, -0.2) is 151 Å². The van der Waals surface area contributed by atoms with E-state index in [2.05, 4.69) is 41.1 Å². The molecule has 3 aromatic carbocycles. The number of likely N-dealkylation sites (tertiary alicyclic amines) is 1. The van der Waals surface area contributed by atoms with Gasteiger partial charge in [0.05, 0.1) is 79.7 Å². The number of methoxy groups -OCH3 is 1. The van der Waals surface area contributed by atoms with Gasteiger partial charge >= 0.3 is 0 Å². The van der Waals surface area contributed by atoms with Gasteiger partial charge in [-0.1, -0.05) is 68.8 Å². The Labute approximate surface area is 447 Å². The molecule has 22 heteroatoms. The van der Waals surface area contributed by atoms with Crippen molar-refractivity contribution in [2.24, 2.45) is 5.41 Å². The second-order valence-corrected chi connectivity index (χ2v) is 24.4. The quantitative estimate of drug-likeness (QED) is 0.0364. The normalized spacial score (nSPS) is 16.4. The van der Waals surface area contributed by atoms with Crippen LogP contribution < -0.4 is 36.2 Å². The predicted octanol–water partition coefficient (Wildman–Crippen LogP) is 6.58. The Balaban J connectivity index is 0.786. The molecular formula is C53H68ClN10O9PS. The minimum Gasteiger partial charge on any atom is -0.494 e. The maximum absolute atomic E-state index is 14.0. The number of nitrogens with zero attached hydrogens (tertiary/aromatic N) is 6. The minimum atomic E-state index is -2.58. The zero-order valence-electron chi connectivity index (χ0n) is 43.6. The van der Waals surface area contributed by atoms with Crippen molar-refractivity contribution < 1.29 is 43.1 Å². The lowest BCUT2D eigenvalue weighted by Gasteiger charge is -2.36. The third-order valence-electron chi connectivity index (χ3n) is 12.9. The molecule has 2 saturated heterocycles. The summed E-state index contributed by atoms with van der Waals surface area (Å²) in [5.41, 5.74) is 6.22. The molecule has 3 atom stereocenters. The number of nitrogens with one attached hydrogen (secondary N) is 4. The molecule has 4 heterocycles. The van der Waals surface area contributed by atoms with Crippen LogP contribution in [0, 0.1) is 12.3 Å². The smallest absolute Gasteiger partial charge is 0.246 e. The molecule has 0 aliphatic carbocycles. The van der Waals surface area contributed by atoms with E-state index < -0.39 is 36.7 Å². The number of para-hydroxylation sites is 1. The molecule has 4 amide bonds. The van der Waals surface area contributed by atoms with E-state index in [4.69, 9.17) is 25.8 Å². The number of amides is 4. The largest absolute Gasteiger partial charge is 0.494 e. The number of aliphatic hydroxyl groups excluding tert-OH is 1. The van der Waals surface area contributed by atoms with Crippen molar-refractivity contribution in [2.45, 2.75) is 71.7 Å². The molecule has 19 nitrogen and oxygen atoms in total. The Hall–Kier alpha value is -6.15. The van der Waals surface area contributed by atoms with Crippen LogP contribution in [0.1, 0.15) is 51.3 Å². The van der Waals surface area contributed by atoms with Crippen LogP contribution in [0.4, 0.5) is 28.8 Å². The molecular weight excluding hydrogens is 1020 g/mol. The van der Waals surface area contributed by atoms with Gasteiger partial charge in [0.2, 0.25) is 29.6 Å². The van der Waals surface area contributed by atoms with Crippen molar-refractivity contribution >= 4 is 87.8 Å². The fourth-order valence-electron chi connectivity index (χ4n) is 8.82. The van der Waals surface area contributed by atoms with E-state index in [9.17, 15) is 28.8 Å². The van der Waals surface area contributed by atoms with Crippen molar-refractivity contribution in [1.82, 2.24) is 35.4 Å². The van der Waals surface area contributed by atoms with Gasteiger partial charge in [0.25, 0.3) is 0 Å². The van der Waals surface area contributed by atoms with Gasteiger partial charge in [-0.05, 0) is 61.1 Å². The van der Waals surface area contributed by atoms with Crippen LogP contribution in [0.25, 0.3) is 10.4 Å². The number of rotatable bonds is 22. The van der Waals surface area contributed by atoms with Crippen LogP contribution in [0.15, 0.2) is 78.4 Å². The molecule has 402 valence electrons. The van der Waals surface area contributed by atoms with Gasteiger partial charge in [0, 0.05) is 69.2 Å². The second kappa shape index (κ2) is 25.6. The summed E-state index contributed by atoms with van der Waals surface area (Å²) in [4.78, 5) is 73.4. The average Bonchev–Trinajstić information content (AvgIpc) is 4.01. The number of hydrogen-bond acceptors (Lipinski definition) is 16. The molecule has 0 bridgehead atoms. The van der Waals surface area contributed by atoms with Crippen molar-refractivity contribution in [3.63, 3.8) is 0 Å². The highest BCUT2D eigenvalue weighted by Gasteiger charge is 2.44. The summed E-state index contributed by atoms with van der Waals surface area (Å²) in [7, 11) is -1.00. The van der Waals surface area contributed by atoms with Crippen LogP contribution >= 0.6 is 30.1 Å². The zero-order valence-corrected chi connectivity index (χ0v) is 46.0. The van der Waals surface area contributed by atoms with Gasteiger partial charge in [0.15, 0.2) is 5.82 Å². The number of carbonyl (C=O) groups is 4. The lowest BCUT2D eigenvalue weighted by atomic mass is 9.85. The first-order valence-corrected chi connectivity index (χ1v) is 28.8. The van der Waals surface area contributed by atoms with Crippen LogP contribution in [0.2, 0.25) is 5.02 Å². The number of aliphatic hydroxyl groups is 1. The third kappa shape index (κ3) is 15.3. The first kappa shape index (κ1) is 56.6. The van der Waals surface area contributed by atoms with Crippen molar-refractivity contribution in [3.8, 4) is 16.2 Å². The number of benzene rings is 3. The summed E-state index contributed by atoms with van der Waals surface area (Å²) in [5.74, 6) is -0.00476. The lowest BCUT2D eigenvalue weighted by Crippen LogP contribution is -2.57. The Bertz CT molecular complexity index is 2840. The van der Waals surface area contributed by atoms with Gasteiger partial charge in [-0.3, -0.25) is 19.2 Å². The number of piperazine rings is 1. The Kier molecular flexibility index (Phi) is 19.3. The molecule has 0 spiro atoms. The SMILES string of the molecule is COc1cc(N2CCN(C(=O)CCOCCOCCC(=O)NC(C(=O)N3C[C@H](O)C[C@H]3C(=O)NCc3ccc(-c4scnc4C)cc3)C(C)(C)C)CC2)ccc1Nc1ncc(Cl)c(Nc2ccccc2P(C)(C)=O)n1. The van der Waals surface area contributed by atoms with Gasteiger partial charge in [-0.2, -0.15) is 4.98 Å². The van der Waals surface area contributed by atoms with E-state index in [1.54, 1.807) is 31.8 Å². The molecule has 0 saturated carbocycles. The summed E-state index contributed by atoms with van der Waals surface area (Å²) in [6.45, 7) is 14.2. The van der Waals surface area contributed by atoms with Crippen LogP contribution in [0.3, 0.4) is 0 Å². The molecule has 1 unspecified atom stereocenters. The van der Waals surface area contributed by atoms with E-state index in [0.29, 0.717) is 59.4 Å². The summed E-state index contributed by atoms with van der Waals surface area (Å²) < 4.78 is 30.0. The lowest BCUT2D eigenvalue weighted by molar-refractivity contribution is -0.144. The van der Waals surface area contributed by atoms with Crippen LogP contribution in [0.5, 0.6) is 5.75 Å². The van der Waals surface area contributed by atoms with Crippen molar-refractivity contribution in [2.75, 3.05) is 95.1 Å². The molecule has 2 aliphatic rings. The van der Waals surface area contributed by atoms with E-state index in [1.165, 1.54) is 11.1 Å². The van der Waals surface area contributed by atoms with Gasteiger partial charge in [-0.25, -0.2) is 9.97 Å². The number of β-amino-alcohol motifs (C(OH)–C–C–N with tert-alkyl or cyclic N) is 1. The molecule has 2 fully saturated rings. The molecule has 2 aromatic heterocycles. The highest BCUT2D eigenvalue weighted by atomic mass is 35.5. The highest BCUT2D eigenvalue weighted by Crippen LogP contribution is 2.39. The maximum Gasteiger partial charge on any atom is 0.246 e. The molecule has 5 N–H and O–H groups in total. The summed E-state index contributed by atoms with van der Waals surface area (Å²) in [5, 5.41) is 23.8. The number of hydrogen-bond donors (Lipinski definition) is 5. The maximum atomic E-state index is 14.0. The Morgan fingerprint density at radius 3 is 2.28 bits per heavy atom. The number of aromatic nitrogens is 3. The molecule has 5 aromatic rings. The Morgan fingerprint density at radius 1 is 0.907 bits per heavy atom. The Morgan fingerprint density at radius 2 is 1.61 bits per heavy atom. The highest BCUT2D eigenvalue weighted by molar-refractivity contribution is 7.70. The van der Waals surface area contributed by atoms with Crippen molar-refractivity contribution in [1.29, 1.82) is 0 Å². The van der Waals surface area contributed by atoms with E-state index >= 15 is 0 Å². The molecule has 7 rings (SSSR count). The predicted molar refractivity (Wildman–Crippen MR) is 293 cm³/mol. The molecule has 0 radical (unpaired) electrons. The van der Waals surface area contributed by atoms with Gasteiger partial charge in [0.1, 0.15) is 30.0 Å². The van der Waals surface area contributed by atoms with E-state index in [0.717, 1.165) is 27.4 Å². The minimum absolute atomic E-state index is 0.00872. The summed E-state index contributed by atoms with van der Waals surface area (Å²) in [6.07, 6.45) is 0.904. The number of carbonyl (C=O) groups excluding carboxylic acids is 4. The average molecular weight is 1090 g/mol. The summed E-state index contributed by atoms with van der Waals surface area (Å²) >= 11 is 8.03. The topological polar surface area (TPSA) is 230 Å². The van der Waals surface area contributed by atoms with Gasteiger partial charge < -0.3 is 59.8 Å². The van der Waals surface area contributed by atoms with Gasteiger partial charge in [-0.15, -0.1) is 11.3 Å². The first-order valence-electron chi connectivity index (χ1n) is 24.9. The fourth-order valence-corrected chi connectivity index (χ4v) is 10.9.